The van der Waals surface area contributed by atoms with Gasteiger partial charge in [-0.1, -0.05) is 30.3 Å². The second kappa shape index (κ2) is 12.1. The van der Waals surface area contributed by atoms with Gasteiger partial charge in [-0.25, -0.2) is 4.39 Å². The number of para-hydroxylation sites is 1. The second-order valence-electron chi connectivity index (χ2n) is 10.8. The van der Waals surface area contributed by atoms with Crippen molar-refractivity contribution in [2.45, 2.75) is 70.2 Å². The van der Waals surface area contributed by atoms with Crippen LogP contribution >= 0.6 is 11.8 Å². The summed E-state index contributed by atoms with van der Waals surface area (Å²) < 4.78 is 27.2. The molecule has 0 radical (unpaired) electrons. The van der Waals surface area contributed by atoms with E-state index in [2.05, 4.69) is 21.7 Å². The summed E-state index contributed by atoms with van der Waals surface area (Å²) in [7, 11) is 0. The van der Waals surface area contributed by atoms with Crippen molar-refractivity contribution in [2.24, 2.45) is 23.7 Å². The van der Waals surface area contributed by atoms with Crippen LogP contribution in [0, 0.1) is 29.5 Å². The van der Waals surface area contributed by atoms with Crippen molar-refractivity contribution in [2.75, 3.05) is 25.4 Å². The Morgan fingerprint density at radius 1 is 1.13 bits per heavy atom. The van der Waals surface area contributed by atoms with Gasteiger partial charge in [-0.3, -0.25) is 14.2 Å². The molecule has 1 saturated heterocycles. The third-order valence-electron chi connectivity index (χ3n) is 8.54. The monoisotopic (exact) mass is 544 g/mol. The number of thioether (sulfide) groups is 1. The molecule has 1 aromatic heterocycles. The maximum absolute atomic E-state index is 14.2. The number of hydrogen-bond donors (Lipinski definition) is 0. The number of piperidine rings is 1. The van der Waals surface area contributed by atoms with E-state index in [0.717, 1.165) is 5.92 Å². The van der Waals surface area contributed by atoms with Gasteiger partial charge in [0.25, 0.3) is 0 Å². The number of ether oxygens (including phenoxy) is 2. The van der Waals surface area contributed by atoms with Crippen molar-refractivity contribution >= 4 is 23.6 Å². The minimum absolute atomic E-state index is 0.0311. The molecule has 1 aliphatic heterocycles. The molecule has 2 saturated carbocycles. The smallest absolute Gasteiger partial charge is 0.309 e. The molecule has 38 heavy (non-hydrogen) atoms. The average Bonchev–Trinajstić information content (AvgIpc) is 3.67. The van der Waals surface area contributed by atoms with Crippen molar-refractivity contribution in [3.63, 3.8) is 0 Å². The molecule has 3 aliphatic rings. The van der Waals surface area contributed by atoms with Gasteiger partial charge in [0, 0.05) is 19.1 Å². The molecule has 2 aliphatic carbocycles. The van der Waals surface area contributed by atoms with Crippen LogP contribution in [0.25, 0.3) is 0 Å². The molecule has 1 aromatic carbocycles. The number of carbonyl (C=O) groups excluding carboxylic acids is 2. The number of nitrogens with zero attached hydrogens (tertiary/aromatic N) is 4. The first-order valence-corrected chi connectivity index (χ1v) is 14.8. The minimum atomic E-state index is -0.411. The summed E-state index contributed by atoms with van der Waals surface area (Å²) >= 11 is 1.39. The highest BCUT2D eigenvalue weighted by Gasteiger charge is 2.43. The first kappa shape index (κ1) is 27.0. The van der Waals surface area contributed by atoms with Gasteiger partial charge in [0.05, 0.1) is 18.3 Å². The van der Waals surface area contributed by atoms with Gasteiger partial charge in [0.15, 0.2) is 22.5 Å². The van der Waals surface area contributed by atoms with Crippen LogP contribution in [0.4, 0.5) is 4.39 Å². The topological polar surface area (TPSA) is 86.6 Å². The number of aromatic nitrogens is 3. The number of carbonyl (C=O) groups is 2. The van der Waals surface area contributed by atoms with Gasteiger partial charge >= 0.3 is 5.97 Å². The Balaban J connectivity index is 1.25. The maximum Gasteiger partial charge on any atom is 0.309 e. The molecule has 2 bridgehead atoms. The molecular weight excluding hydrogens is 507 g/mol. The maximum atomic E-state index is 14.2. The normalized spacial score (nSPS) is 24.0. The Morgan fingerprint density at radius 2 is 1.92 bits per heavy atom. The fourth-order valence-electron chi connectivity index (χ4n) is 6.54. The van der Waals surface area contributed by atoms with Gasteiger partial charge in [0.1, 0.15) is 6.61 Å². The Hall–Kier alpha value is -2.62. The lowest BCUT2D eigenvalue weighted by molar-refractivity contribution is -0.151. The molecule has 0 spiro atoms. The zero-order chi connectivity index (χ0) is 26.6. The van der Waals surface area contributed by atoms with Crippen molar-refractivity contribution in [3.8, 4) is 5.75 Å². The van der Waals surface area contributed by atoms with E-state index in [-0.39, 0.29) is 41.9 Å². The molecular formula is C28H37FN4O4S. The van der Waals surface area contributed by atoms with E-state index >= 15 is 0 Å². The summed E-state index contributed by atoms with van der Waals surface area (Å²) in [5.41, 5.74) is 0. The zero-order valence-corrected chi connectivity index (χ0v) is 23.0. The van der Waals surface area contributed by atoms with E-state index in [4.69, 9.17) is 9.47 Å². The van der Waals surface area contributed by atoms with Gasteiger partial charge in [-0.05, 0) is 75.8 Å². The van der Waals surface area contributed by atoms with Crippen LogP contribution < -0.4 is 4.74 Å². The van der Waals surface area contributed by atoms with Crippen molar-refractivity contribution in [3.05, 3.63) is 35.9 Å². The molecule has 0 N–H and O–H groups in total. The highest BCUT2D eigenvalue weighted by atomic mass is 32.2. The van der Waals surface area contributed by atoms with Crippen LogP contribution in [0.3, 0.4) is 0 Å². The first-order valence-electron chi connectivity index (χ1n) is 13.8. The Labute approximate surface area is 227 Å². The van der Waals surface area contributed by atoms with E-state index in [0.29, 0.717) is 55.4 Å². The summed E-state index contributed by atoms with van der Waals surface area (Å²) in [6.07, 6.45) is 6.35. The molecule has 2 heterocycles. The lowest BCUT2D eigenvalue weighted by Gasteiger charge is -2.31. The Morgan fingerprint density at radius 3 is 2.61 bits per heavy atom. The van der Waals surface area contributed by atoms with E-state index < -0.39 is 5.82 Å². The van der Waals surface area contributed by atoms with E-state index in [1.54, 1.807) is 18.2 Å². The predicted molar refractivity (Wildman–Crippen MR) is 141 cm³/mol. The summed E-state index contributed by atoms with van der Waals surface area (Å²) in [6.45, 7) is 5.62. The van der Waals surface area contributed by atoms with Crippen LogP contribution in [-0.4, -0.2) is 57.0 Å². The third-order valence-corrected chi connectivity index (χ3v) is 9.47. The summed E-state index contributed by atoms with van der Waals surface area (Å²) in [5, 5.41) is 9.57. The minimum Gasteiger partial charge on any atom is -0.483 e. The molecule has 1 amide bonds. The van der Waals surface area contributed by atoms with E-state index in [9.17, 15) is 14.0 Å². The Kier molecular flexibility index (Phi) is 8.55. The van der Waals surface area contributed by atoms with Gasteiger partial charge < -0.3 is 14.4 Å². The molecule has 5 rings (SSSR count). The number of benzene rings is 1. The molecule has 10 heteroatoms. The number of likely N-dealkylation sites (tertiary alicyclic amines) is 1. The van der Waals surface area contributed by atoms with Crippen LogP contribution in [-0.2, 0) is 20.9 Å². The Bertz CT molecular complexity index is 1140. The zero-order valence-electron chi connectivity index (χ0n) is 22.2. The fraction of sp³-hybridized carbons (Fsp3) is 0.643. The van der Waals surface area contributed by atoms with E-state index in [1.165, 1.54) is 43.5 Å². The number of esters is 1. The van der Waals surface area contributed by atoms with Crippen LogP contribution in [0.1, 0.15) is 64.2 Å². The quantitative estimate of drug-likeness (QED) is 0.311. The lowest BCUT2D eigenvalue weighted by atomic mass is 9.84. The van der Waals surface area contributed by atoms with Gasteiger partial charge in [-0.15, -0.1) is 10.2 Å². The van der Waals surface area contributed by atoms with Crippen molar-refractivity contribution < 1.29 is 23.5 Å². The lowest BCUT2D eigenvalue weighted by Crippen LogP contribution is -2.41. The molecule has 2 aromatic rings. The molecule has 206 valence electrons. The van der Waals surface area contributed by atoms with E-state index in [1.807, 2.05) is 11.8 Å². The highest BCUT2D eigenvalue weighted by Crippen LogP contribution is 2.52. The largest absolute Gasteiger partial charge is 0.483 e. The number of fused-ring (bicyclic) bond motifs is 2. The number of hydrogen-bond acceptors (Lipinski definition) is 7. The third kappa shape index (κ3) is 5.84. The van der Waals surface area contributed by atoms with Gasteiger partial charge in [-0.2, -0.15) is 0 Å². The molecule has 0 unspecified atom stereocenters. The van der Waals surface area contributed by atoms with Gasteiger partial charge in [0.2, 0.25) is 5.91 Å². The number of amides is 1. The highest BCUT2D eigenvalue weighted by molar-refractivity contribution is 7.99. The fourth-order valence-corrected chi connectivity index (χ4v) is 7.48. The second-order valence-corrected chi connectivity index (χ2v) is 11.7. The first-order chi connectivity index (χ1) is 18.4. The predicted octanol–water partition coefficient (Wildman–Crippen LogP) is 4.89. The number of rotatable bonds is 10. The summed E-state index contributed by atoms with van der Waals surface area (Å²) in [6, 6.07) is 6.52. The number of halogens is 1. The standard InChI is InChI=1S/C28H37FN4O4S/c1-3-36-27(35)20-10-12-32(13-11-20)26(34)17-38-28-31-30-25(16-37-24-7-5-4-6-23(24)29)33(28)18(2)22-15-19-8-9-21(22)14-19/h4-7,18-22H,3,8-17H2,1-2H3/t18-,19+,21+,22-/m1/s1. The molecule has 8 nitrogen and oxygen atoms in total. The summed E-state index contributed by atoms with van der Waals surface area (Å²) in [5.74, 6) is 2.45. The average molecular weight is 545 g/mol. The molecule has 3 fully saturated rings. The summed E-state index contributed by atoms with van der Waals surface area (Å²) in [4.78, 5) is 26.9. The van der Waals surface area contributed by atoms with Crippen LogP contribution in [0.2, 0.25) is 0 Å². The molecule has 4 atom stereocenters. The van der Waals surface area contributed by atoms with Crippen LogP contribution in [0.15, 0.2) is 29.4 Å². The van der Waals surface area contributed by atoms with Crippen molar-refractivity contribution in [1.82, 2.24) is 19.7 Å². The SMILES string of the molecule is CCOC(=O)C1CCN(C(=O)CSc2nnc(COc3ccccc3F)n2[C@H](C)[C@H]2C[C@H]3CC[C@H]2C3)CC1. The van der Waals surface area contributed by atoms with Crippen LogP contribution in [0.5, 0.6) is 5.75 Å². The van der Waals surface area contributed by atoms with Crippen molar-refractivity contribution in [1.29, 1.82) is 0 Å².